The molecule has 0 aliphatic heterocycles. The van der Waals surface area contributed by atoms with E-state index in [0.717, 1.165) is 36.8 Å². The fourth-order valence-corrected chi connectivity index (χ4v) is 3.49. The number of carbonyl (C=O) groups is 2. The van der Waals surface area contributed by atoms with Crippen molar-refractivity contribution in [3.05, 3.63) is 53.6 Å². The van der Waals surface area contributed by atoms with Crippen molar-refractivity contribution in [3.8, 4) is 5.75 Å². The molecule has 1 fully saturated rings. The summed E-state index contributed by atoms with van der Waals surface area (Å²) in [5.41, 5.74) is 3.41. The van der Waals surface area contributed by atoms with Gasteiger partial charge in [0.15, 0.2) is 6.61 Å². The number of ether oxygens (including phenoxy) is 1. The Morgan fingerprint density at radius 3 is 2.43 bits per heavy atom. The van der Waals surface area contributed by atoms with Crippen LogP contribution in [0, 0.1) is 19.8 Å². The molecule has 0 unspecified atom stereocenters. The average Bonchev–Trinajstić information content (AvgIpc) is 2.69. The highest BCUT2D eigenvalue weighted by Crippen LogP contribution is 2.25. The molecule has 0 bridgehead atoms. The Morgan fingerprint density at radius 1 is 0.964 bits per heavy atom. The van der Waals surface area contributed by atoms with E-state index in [4.69, 9.17) is 4.74 Å². The highest BCUT2D eigenvalue weighted by Gasteiger charge is 2.21. The fraction of sp³-hybridized carbons (Fsp3) is 0.391. The molecule has 3 rings (SSSR count). The van der Waals surface area contributed by atoms with Crippen LogP contribution >= 0.6 is 0 Å². The topological polar surface area (TPSA) is 67.4 Å². The number of carbonyl (C=O) groups excluding carboxylic acids is 2. The molecule has 148 valence electrons. The van der Waals surface area contributed by atoms with Gasteiger partial charge in [-0.25, -0.2) is 0 Å². The first-order valence-corrected chi connectivity index (χ1v) is 9.92. The number of nitrogens with one attached hydrogen (secondary N) is 2. The van der Waals surface area contributed by atoms with E-state index >= 15 is 0 Å². The second-order valence-corrected chi connectivity index (χ2v) is 7.51. The lowest BCUT2D eigenvalue weighted by Gasteiger charge is -2.20. The van der Waals surface area contributed by atoms with Crippen molar-refractivity contribution in [3.63, 3.8) is 0 Å². The van der Waals surface area contributed by atoms with Gasteiger partial charge in [-0.1, -0.05) is 37.5 Å². The highest BCUT2D eigenvalue weighted by atomic mass is 16.5. The van der Waals surface area contributed by atoms with Gasteiger partial charge >= 0.3 is 0 Å². The van der Waals surface area contributed by atoms with Crippen LogP contribution in [0.1, 0.15) is 43.2 Å². The fourth-order valence-electron chi connectivity index (χ4n) is 3.49. The molecule has 2 aromatic rings. The van der Waals surface area contributed by atoms with E-state index in [-0.39, 0.29) is 24.3 Å². The molecule has 1 aliphatic rings. The van der Waals surface area contributed by atoms with Crippen molar-refractivity contribution < 1.29 is 14.3 Å². The molecule has 2 N–H and O–H groups in total. The second kappa shape index (κ2) is 9.40. The van der Waals surface area contributed by atoms with Crippen LogP contribution in [0.3, 0.4) is 0 Å². The van der Waals surface area contributed by atoms with Gasteiger partial charge in [-0.3, -0.25) is 9.59 Å². The molecule has 0 heterocycles. The van der Waals surface area contributed by atoms with Gasteiger partial charge in [-0.05, 0) is 62.1 Å². The van der Waals surface area contributed by atoms with Gasteiger partial charge in [0.1, 0.15) is 5.75 Å². The molecule has 1 aliphatic carbocycles. The number of benzene rings is 2. The average molecular weight is 380 g/mol. The van der Waals surface area contributed by atoms with Crippen LogP contribution in [0.2, 0.25) is 0 Å². The Labute approximate surface area is 166 Å². The minimum Gasteiger partial charge on any atom is -0.483 e. The number of amides is 2. The number of hydrogen-bond donors (Lipinski definition) is 2. The third kappa shape index (κ3) is 5.59. The van der Waals surface area contributed by atoms with Crippen LogP contribution in [0.5, 0.6) is 5.75 Å². The van der Waals surface area contributed by atoms with E-state index in [0.29, 0.717) is 17.1 Å². The lowest BCUT2D eigenvalue weighted by Crippen LogP contribution is -2.25. The highest BCUT2D eigenvalue weighted by molar-refractivity contribution is 5.95. The molecule has 0 spiro atoms. The number of aryl methyl sites for hydroxylation is 2. The van der Waals surface area contributed by atoms with Crippen molar-refractivity contribution in [2.75, 3.05) is 17.2 Å². The van der Waals surface area contributed by atoms with Crippen molar-refractivity contribution in [2.24, 2.45) is 5.92 Å². The zero-order valence-corrected chi connectivity index (χ0v) is 16.6. The van der Waals surface area contributed by atoms with Crippen molar-refractivity contribution in [1.29, 1.82) is 0 Å². The Bertz CT molecular complexity index is 841. The first-order valence-electron chi connectivity index (χ1n) is 9.92. The maximum atomic E-state index is 12.4. The summed E-state index contributed by atoms with van der Waals surface area (Å²) in [5, 5.41) is 5.80. The molecule has 0 aromatic heterocycles. The summed E-state index contributed by atoms with van der Waals surface area (Å²) in [6, 6.07) is 13.1. The van der Waals surface area contributed by atoms with E-state index in [1.807, 2.05) is 44.2 Å². The SMILES string of the molecule is Cc1ccc(C)c(OCC(=O)Nc2cccc(NC(=O)C3CCCCC3)c2)c1. The Balaban J connectivity index is 1.54. The third-order valence-electron chi connectivity index (χ3n) is 5.09. The number of anilines is 2. The first kappa shape index (κ1) is 19.9. The molecule has 5 nitrogen and oxygen atoms in total. The first-order chi connectivity index (χ1) is 13.5. The molecule has 5 heteroatoms. The van der Waals surface area contributed by atoms with Crippen molar-refractivity contribution >= 4 is 23.2 Å². The zero-order chi connectivity index (χ0) is 19.9. The molecule has 28 heavy (non-hydrogen) atoms. The van der Waals surface area contributed by atoms with Crippen LogP contribution in [-0.4, -0.2) is 18.4 Å². The van der Waals surface area contributed by atoms with Crippen LogP contribution in [0.15, 0.2) is 42.5 Å². The van der Waals surface area contributed by atoms with E-state index in [1.54, 1.807) is 12.1 Å². The minimum absolute atomic E-state index is 0.0665. The maximum Gasteiger partial charge on any atom is 0.262 e. The van der Waals surface area contributed by atoms with Crippen LogP contribution in [0.25, 0.3) is 0 Å². The standard InChI is InChI=1S/C23H28N2O3/c1-16-11-12-17(2)21(13-16)28-15-22(26)24-19-9-6-10-20(14-19)25-23(27)18-7-4-3-5-8-18/h6,9-14,18H,3-5,7-8,15H2,1-2H3,(H,24,26)(H,25,27). The lowest BCUT2D eigenvalue weighted by molar-refractivity contribution is -0.120. The molecule has 0 radical (unpaired) electrons. The predicted molar refractivity (Wildman–Crippen MR) is 112 cm³/mol. The quantitative estimate of drug-likeness (QED) is 0.753. The normalized spacial score (nSPS) is 14.4. The summed E-state index contributed by atoms with van der Waals surface area (Å²) >= 11 is 0. The molecule has 0 saturated heterocycles. The lowest BCUT2D eigenvalue weighted by atomic mass is 9.88. The summed E-state index contributed by atoms with van der Waals surface area (Å²) in [5.74, 6) is 0.639. The smallest absolute Gasteiger partial charge is 0.262 e. The Hall–Kier alpha value is -2.82. The van der Waals surface area contributed by atoms with Gasteiger partial charge in [0.2, 0.25) is 5.91 Å². The number of rotatable bonds is 6. The summed E-state index contributed by atoms with van der Waals surface area (Å²) in [6.45, 7) is 3.87. The Morgan fingerprint density at radius 2 is 1.68 bits per heavy atom. The van der Waals surface area contributed by atoms with Crippen LogP contribution in [0.4, 0.5) is 11.4 Å². The van der Waals surface area contributed by atoms with Crippen molar-refractivity contribution in [2.45, 2.75) is 46.0 Å². The van der Waals surface area contributed by atoms with Crippen molar-refractivity contribution in [1.82, 2.24) is 0 Å². The van der Waals surface area contributed by atoms with Gasteiger partial charge in [-0.15, -0.1) is 0 Å². The number of hydrogen-bond acceptors (Lipinski definition) is 3. The molecule has 2 aromatic carbocycles. The second-order valence-electron chi connectivity index (χ2n) is 7.51. The van der Waals surface area contributed by atoms with Crippen LogP contribution in [-0.2, 0) is 9.59 Å². The van der Waals surface area contributed by atoms with Gasteiger partial charge in [0.05, 0.1) is 0 Å². The van der Waals surface area contributed by atoms with Gasteiger partial charge in [-0.2, -0.15) is 0 Å². The predicted octanol–water partition coefficient (Wildman–Crippen LogP) is 4.84. The Kier molecular flexibility index (Phi) is 6.69. The molecule has 2 amide bonds. The van der Waals surface area contributed by atoms with E-state index in [2.05, 4.69) is 10.6 Å². The summed E-state index contributed by atoms with van der Waals surface area (Å²) in [4.78, 5) is 24.6. The summed E-state index contributed by atoms with van der Waals surface area (Å²) < 4.78 is 5.64. The third-order valence-corrected chi connectivity index (χ3v) is 5.09. The van der Waals surface area contributed by atoms with Gasteiger partial charge in [0, 0.05) is 17.3 Å². The van der Waals surface area contributed by atoms with E-state index in [9.17, 15) is 9.59 Å². The molecule has 1 saturated carbocycles. The monoisotopic (exact) mass is 380 g/mol. The summed E-state index contributed by atoms with van der Waals surface area (Å²) in [6.07, 6.45) is 5.37. The molecular formula is C23H28N2O3. The minimum atomic E-state index is -0.239. The van der Waals surface area contributed by atoms with E-state index in [1.165, 1.54) is 6.42 Å². The van der Waals surface area contributed by atoms with Crippen LogP contribution < -0.4 is 15.4 Å². The largest absolute Gasteiger partial charge is 0.483 e. The summed E-state index contributed by atoms with van der Waals surface area (Å²) in [7, 11) is 0. The maximum absolute atomic E-state index is 12.4. The van der Waals surface area contributed by atoms with E-state index < -0.39 is 0 Å². The van der Waals surface area contributed by atoms with Gasteiger partial charge in [0.25, 0.3) is 5.91 Å². The molecular weight excluding hydrogens is 352 g/mol. The van der Waals surface area contributed by atoms with Gasteiger partial charge < -0.3 is 15.4 Å². The zero-order valence-electron chi connectivity index (χ0n) is 16.6. The molecule has 0 atom stereocenters.